The van der Waals surface area contributed by atoms with Crippen molar-refractivity contribution in [3.63, 3.8) is 0 Å². The molecule has 1 N–H and O–H groups in total. The van der Waals surface area contributed by atoms with E-state index in [0.29, 0.717) is 25.9 Å². The van der Waals surface area contributed by atoms with Crippen molar-refractivity contribution in [3.8, 4) is 0 Å². The van der Waals surface area contributed by atoms with Gasteiger partial charge in [0.2, 0.25) is 5.91 Å². The second kappa shape index (κ2) is 8.60. The highest BCUT2D eigenvalue weighted by molar-refractivity contribution is 9.11. The van der Waals surface area contributed by atoms with Crippen LogP contribution in [0.1, 0.15) is 28.8 Å². The number of halogens is 2. The fourth-order valence-corrected chi connectivity index (χ4v) is 3.98. The minimum atomic E-state index is -0.525. The molecule has 1 aliphatic heterocycles. The van der Waals surface area contributed by atoms with E-state index >= 15 is 0 Å². The quantitative estimate of drug-likeness (QED) is 0.733. The van der Waals surface area contributed by atoms with Gasteiger partial charge in [0.1, 0.15) is 5.82 Å². The predicted molar refractivity (Wildman–Crippen MR) is 105 cm³/mol. The second-order valence-corrected chi connectivity index (χ2v) is 8.36. The number of thiophene rings is 1. The monoisotopic (exact) mass is 436 g/mol. The van der Waals surface area contributed by atoms with E-state index in [9.17, 15) is 14.0 Å². The lowest BCUT2D eigenvalue weighted by Gasteiger charge is -2.31. The Morgan fingerprint density at radius 2 is 2.00 bits per heavy atom. The number of carbonyl (C=O) groups is 2. The van der Waals surface area contributed by atoms with Crippen LogP contribution < -0.4 is 5.32 Å². The number of hydrogen-bond acceptors (Lipinski definition) is 3. The Hall–Kier alpha value is -1.99. The van der Waals surface area contributed by atoms with Gasteiger partial charge in [-0.1, -0.05) is 12.1 Å². The van der Waals surface area contributed by atoms with Gasteiger partial charge in [-0.2, -0.15) is 0 Å². The van der Waals surface area contributed by atoms with E-state index in [0.717, 1.165) is 9.35 Å². The molecule has 1 aromatic heterocycles. The van der Waals surface area contributed by atoms with Crippen molar-refractivity contribution in [3.05, 3.63) is 62.5 Å². The fraction of sp³-hybridized carbons (Fsp3) is 0.263. The van der Waals surface area contributed by atoms with Crippen molar-refractivity contribution in [2.24, 2.45) is 0 Å². The Kier molecular flexibility index (Phi) is 6.21. The van der Waals surface area contributed by atoms with E-state index in [4.69, 9.17) is 0 Å². The summed E-state index contributed by atoms with van der Waals surface area (Å²) in [6.45, 7) is 1.14. The number of nitrogens with zero attached hydrogens (tertiary/aromatic N) is 1. The Balaban J connectivity index is 1.49. The second-order valence-electron chi connectivity index (χ2n) is 6.07. The highest BCUT2D eigenvalue weighted by atomic mass is 79.9. The minimum Gasteiger partial charge on any atom is -0.349 e. The smallest absolute Gasteiger partial charge is 0.254 e. The first-order valence-corrected chi connectivity index (χ1v) is 9.96. The third-order valence-electron chi connectivity index (χ3n) is 4.27. The number of rotatable bonds is 4. The molecular weight excluding hydrogens is 419 g/mol. The van der Waals surface area contributed by atoms with Crippen molar-refractivity contribution < 1.29 is 14.0 Å². The number of nitrogens with one attached hydrogen (secondary N) is 1. The molecule has 0 aliphatic carbocycles. The first-order chi connectivity index (χ1) is 12.5. The van der Waals surface area contributed by atoms with Crippen LogP contribution in [0.2, 0.25) is 0 Å². The van der Waals surface area contributed by atoms with Crippen LogP contribution >= 0.6 is 27.3 Å². The summed E-state index contributed by atoms with van der Waals surface area (Å²) in [7, 11) is 0. The molecule has 136 valence electrons. The van der Waals surface area contributed by atoms with Crippen LogP contribution in [-0.2, 0) is 4.79 Å². The SMILES string of the molecule is O=C(NC1CCN(C(=O)/C=C/c2csc(Br)c2)CC1)c1ccccc1F. The molecule has 0 radical (unpaired) electrons. The zero-order valence-electron chi connectivity index (χ0n) is 14.0. The lowest BCUT2D eigenvalue weighted by Crippen LogP contribution is -2.46. The van der Waals surface area contributed by atoms with E-state index in [-0.39, 0.29) is 17.5 Å². The summed E-state index contributed by atoms with van der Waals surface area (Å²) in [5, 5.41) is 4.83. The minimum absolute atomic E-state index is 0.0359. The van der Waals surface area contributed by atoms with Crippen LogP contribution in [0, 0.1) is 5.82 Å². The van der Waals surface area contributed by atoms with E-state index in [2.05, 4.69) is 21.2 Å². The summed E-state index contributed by atoms with van der Waals surface area (Å²) < 4.78 is 14.7. The molecule has 2 heterocycles. The molecule has 7 heteroatoms. The molecule has 3 rings (SSSR count). The standard InChI is InChI=1S/C19H18BrFN2O2S/c20-17-11-13(12-26-17)5-6-18(24)23-9-7-14(8-10-23)22-19(25)15-3-1-2-4-16(15)21/h1-6,11-12,14H,7-10H2,(H,22,25)/b6-5+. The number of piperidine rings is 1. The van der Waals surface area contributed by atoms with Crippen LogP contribution in [-0.4, -0.2) is 35.8 Å². The third kappa shape index (κ3) is 4.80. The Morgan fingerprint density at radius 3 is 2.65 bits per heavy atom. The van der Waals surface area contributed by atoms with Gasteiger partial charge >= 0.3 is 0 Å². The molecule has 4 nitrogen and oxygen atoms in total. The van der Waals surface area contributed by atoms with Crippen molar-refractivity contribution in [2.45, 2.75) is 18.9 Å². The van der Waals surface area contributed by atoms with Gasteiger partial charge in [-0.3, -0.25) is 9.59 Å². The first-order valence-electron chi connectivity index (χ1n) is 8.29. The summed E-state index contributed by atoms with van der Waals surface area (Å²) in [5.41, 5.74) is 1.04. The van der Waals surface area contributed by atoms with Crippen molar-refractivity contribution in [1.82, 2.24) is 10.2 Å². The van der Waals surface area contributed by atoms with Gasteiger partial charge in [0, 0.05) is 25.2 Å². The molecule has 1 aromatic carbocycles. The third-order valence-corrected chi connectivity index (χ3v) is 5.79. The first kappa shape index (κ1) is 18.8. The molecule has 0 atom stereocenters. The summed E-state index contributed by atoms with van der Waals surface area (Å²) in [4.78, 5) is 26.2. The zero-order valence-corrected chi connectivity index (χ0v) is 16.4. The predicted octanol–water partition coefficient (Wildman–Crippen LogP) is 4.08. The lowest BCUT2D eigenvalue weighted by molar-refractivity contribution is -0.126. The van der Waals surface area contributed by atoms with Crippen LogP contribution in [0.15, 0.2) is 45.6 Å². The Bertz CT molecular complexity index is 828. The molecule has 2 aromatic rings. The maximum absolute atomic E-state index is 13.7. The van der Waals surface area contributed by atoms with Gasteiger partial charge in [0.25, 0.3) is 5.91 Å². The van der Waals surface area contributed by atoms with Gasteiger partial charge in [-0.25, -0.2) is 4.39 Å². The largest absolute Gasteiger partial charge is 0.349 e. The van der Waals surface area contributed by atoms with Crippen molar-refractivity contribution in [2.75, 3.05) is 13.1 Å². The van der Waals surface area contributed by atoms with Gasteiger partial charge in [-0.05, 0) is 64.0 Å². The van der Waals surface area contributed by atoms with Crippen molar-refractivity contribution in [1.29, 1.82) is 0 Å². The molecule has 26 heavy (non-hydrogen) atoms. The molecule has 2 amide bonds. The normalized spacial score (nSPS) is 15.4. The van der Waals surface area contributed by atoms with Crippen LogP contribution in [0.4, 0.5) is 4.39 Å². The number of carbonyl (C=O) groups excluding carboxylic acids is 2. The van der Waals surface area contributed by atoms with E-state index in [1.165, 1.54) is 12.1 Å². The summed E-state index contributed by atoms with van der Waals surface area (Å²) in [6, 6.07) is 7.84. The summed E-state index contributed by atoms with van der Waals surface area (Å²) >= 11 is 4.96. The van der Waals surface area contributed by atoms with Crippen LogP contribution in [0.25, 0.3) is 6.08 Å². The average molecular weight is 437 g/mol. The highest BCUT2D eigenvalue weighted by Crippen LogP contribution is 2.21. The van der Waals surface area contributed by atoms with E-state index < -0.39 is 11.7 Å². The lowest BCUT2D eigenvalue weighted by atomic mass is 10.0. The molecule has 0 unspecified atom stereocenters. The topological polar surface area (TPSA) is 49.4 Å². The summed E-state index contributed by atoms with van der Waals surface area (Å²) in [5.74, 6) is -0.968. The van der Waals surface area contributed by atoms with Crippen LogP contribution in [0.3, 0.4) is 0 Å². The number of hydrogen-bond donors (Lipinski definition) is 1. The molecular formula is C19H18BrFN2O2S. The molecule has 0 saturated carbocycles. The number of benzene rings is 1. The van der Waals surface area contributed by atoms with Gasteiger partial charge in [-0.15, -0.1) is 11.3 Å². The van der Waals surface area contributed by atoms with Crippen molar-refractivity contribution >= 4 is 45.2 Å². The molecule has 0 spiro atoms. The van der Waals surface area contributed by atoms with Gasteiger partial charge < -0.3 is 10.2 Å². The Labute approximate surface area is 163 Å². The number of amides is 2. The molecule has 1 fully saturated rings. The van der Waals surface area contributed by atoms with E-state index in [1.807, 2.05) is 11.4 Å². The van der Waals surface area contributed by atoms with Crippen LogP contribution in [0.5, 0.6) is 0 Å². The van der Waals surface area contributed by atoms with Gasteiger partial charge in [0.05, 0.1) is 9.35 Å². The highest BCUT2D eigenvalue weighted by Gasteiger charge is 2.23. The Morgan fingerprint density at radius 1 is 1.27 bits per heavy atom. The maximum atomic E-state index is 13.7. The molecule has 0 bridgehead atoms. The molecule has 1 saturated heterocycles. The van der Waals surface area contributed by atoms with E-state index in [1.54, 1.807) is 40.5 Å². The molecule has 1 aliphatic rings. The fourth-order valence-electron chi connectivity index (χ4n) is 2.84. The van der Waals surface area contributed by atoms with Gasteiger partial charge in [0.15, 0.2) is 0 Å². The zero-order chi connectivity index (χ0) is 18.5. The maximum Gasteiger partial charge on any atom is 0.254 e. The number of likely N-dealkylation sites (tertiary alicyclic amines) is 1. The summed E-state index contributed by atoms with van der Waals surface area (Å²) in [6.07, 6.45) is 4.69. The average Bonchev–Trinajstić information content (AvgIpc) is 3.06.